The minimum atomic E-state index is -0.482. The van der Waals surface area contributed by atoms with Crippen LogP contribution in [0, 0.1) is 0 Å². The molecular weight excluding hydrogens is 412 g/mol. The molecular formula is C24H20N2O4S. The first-order valence-corrected chi connectivity index (χ1v) is 10.6. The van der Waals surface area contributed by atoms with Gasteiger partial charge in [-0.2, -0.15) is 0 Å². The highest BCUT2D eigenvalue weighted by atomic mass is 32.2. The van der Waals surface area contributed by atoms with Gasteiger partial charge in [0.1, 0.15) is 12.3 Å². The van der Waals surface area contributed by atoms with Crippen LogP contribution in [-0.2, 0) is 9.59 Å². The molecule has 0 spiro atoms. The molecule has 1 fully saturated rings. The van der Waals surface area contributed by atoms with Crippen molar-refractivity contribution in [2.45, 2.75) is 6.92 Å². The first-order valence-electron chi connectivity index (χ1n) is 9.81. The Morgan fingerprint density at radius 1 is 1.06 bits per heavy atom. The van der Waals surface area contributed by atoms with Crippen molar-refractivity contribution in [1.29, 1.82) is 0 Å². The van der Waals surface area contributed by atoms with Crippen LogP contribution in [0.3, 0.4) is 0 Å². The van der Waals surface area contributed by atoms with Gasteiger partial charge in [-0.05, 0) is 53.9 Å². The van der Waals surface area contributed by atoms with Crippen molar-refractivity contribution < 1.29 is 19.1 Å². The molecule has 0 aliphatic carbocycles. The highest BCUT2D eigenvalue weighted by Gasteiger charge is 2.36. The lowest BCUT2D eigenvalue weighted by Gasteiger charge is -2.13. The number of hydrogen-bond donors (Lipinski definition) is 1. The second-order valence-electron chi connectivity index (χ2n) is 6.85. The zero-order valence-corrected chi connectivity index (χ0v) is 17.6. The lowest BCUT2D eigenvalue weighted by molar-refractivity contribution is -0.127. The normalized spacial score (nSPS) is 15.0. The van der Waals surface area contributed by atoms with Gasteiger partial charge in [0, 0.05) is 11.1 Å². The second-order valence-corrected chi connectivity index (χ2v) is 7.84. The predicted molar refractivity (Wildman–Crippen MR) is 123 cm³/mol. The van der Waals surface area contributed by atoms with Crippen molar-refractivity contribution in [1.82, 2.24) is 4.90 Å². The topological polar surface area (TPSA) is 75.7 Å². The van der Waals surface area contributed by atoms with Crippen LogP contribution < -0.4 is 10.1 Å². The van der Waals surface area contributed by atoms with Crippen LogP contribution in [0.1, 0.15) is 12.5 Å². The van der Waals surface area contributed by atoms with Crippen molar-refractivity contribution in [3.05, 3.63) is 77.2 Å². The fourth-order valence-electron chi connectivity index (χ4n) is 3.32. The molecule has 0 saturated carbocycles. The van der Waals surface area contributed by atoms with E-state index in [9.17, 15) is 14.4 Å². The molecule has 3 aromatic carbocycles. The standard InChI is InChI=1S/C24H20N2O4S/c1-2-30-18-10-5-7-16(13-18)14-21-23(28)26(24(29)31-21)15-22(27)25-20-12-6-9-17-8-3-4-11-19(17)20/h3-14H,2,15H2,1H3,(H,25,27)/b21-14-. The van der Waals surface area contributed by atoms with Gasteiger partial charge in [0.15, 0.2) is 0 Å². The highest BCUT2D eigenvalue weighted by Crippen LogP contribution is 2.32. The zero-order valence-electron chi connectivity index (χ0n) is 16.8. The van der Waals surface area contributed by atoms with E-state index in [1.54, 1.807) is 18.2 Å². The number of nitrogens with one attached hydrogen (secondary N) is 1. The molecule has 7 heteroatoms. The number of hydrogen-bond acceptors (Lipinski definition) is 5. The van der Waals surface area contributed by atoms with E-state index in [1.807, 2.05) is 61.5 Å². The molecule has 31 heavy (non-hydrogen) atoms. The molecule has 156 valence electrons. The number of carbonyl (C=O) groups excluding carboxylic acids is 3. The van der Waals surface area contributed by atoms with Crippen molar-refractivity contribution in [2.75, 3.05) is 18.5 Å². The fraction of sp³-hybridized carbons (Fsp3) is 0.125. The summed E-state index contributed by atoms with van der Waals surface area (Å²) in [6.45, 7) is 2.08. The van der Waals surface area contributed by atoms with Gasteiger partial charge >= 0.3 is 0 Å². The van der Waals surface area contributed by atoms with Crippen LogP contribution in [0.4, 0.5) is 10.5 Å². The van der Waals surface area contributed by atoms with Crippen molar-refractivity contribution in [3.8, 4) is 5.75 Å². The number of ether oxygens (including phenoxy) is 1. The second kappa shape index (κ2) is 9.06. The van der Waals surface area contributed by atoms with E-state index in [2.05, 4.69) is 5.32 Å². The van der Waals surface area contributed by atoms with Gasteiger partial charge in [-0.25, -0.2) is 0 Å². The van der Waals surface area contributed by atoms with Gasteiger partial charge < -0.3 is 10.1 Å². The number of anilines is 1. The summed E-state index contributed by atoms with van der Waals surface area (Å²) in [4.78, 5) is 38.9. The molecule has 1 aliphatic heterocycles. The summed E-state index contributed by atoms with van der Waals surface area (Å²) >= 11 is 0.824. The molecule has 1 heterocycles. The summed E-state index contributed by atoms with van der Waals surface area (Å²) in [5.41, 5.74) is 1.38. The Bertz CT molecular complexity index is 1200. The van der Waals surface area contributed by atoms with E-state index < -0.39 is 17.1 Å². The average Bonchev–Trinajstić information content (AvgIpc) is 3.02. The first-order chi connectivity index (χ1) is 15.0. The first kappa shape index (κ1) is 20.7. The Hall–Kier alpha value is -3.58. The smallest absolute Gasteiger partial charge is 0.294 e. The summed E-state index contributed by atoms with van der Waals surface area (Å²) in [6.07, 6.45) is 1.63. The molecule has 0 radical (unpaired) electrons. The van der Waals surface area contributed by atoms with E-state index in [0.717, 1.165) is 33.0 Å². The van der Waals surface area contributed by atoms with Crippen LogP contribution in [0.25, 0.3) is 16.8 Å². The van der Waals surface area contributed by atoms with Crippen LogP contribution in [0.2, 0.25) is 0 Å². The molecule has 1 N–H and O–H groups in total. The van der Waals surface area contributed by atoms with Gasteiger partial charge in [-0.1, -0.05) is 48.5 Å². The molecule has 0 aromatic heterocycles. The lowest BCUT2D eigenvalue weighted by Crippen LogP contribution is -2.36. The quantitative estimate of drug-likeness (QED) is 0.560. The Morgan fingerprint density at radius 2 is 1.84 bits per heavy atom. The number of fused-ring (bicyclic) bond motifs is 1. The van der Waals surface area contributed by atoms with E-state index in [0.29, 0.717) is 18.0 Å². The number of thioether (sulfide) groups is 1. The summed E-state index contributed by atoms with van der Waals surface area (Å²) in [5.74, 6) is -0.229. The summed E-state index contributed by atoms with van der Waals surface area (Å²) in [7, 11) is 0. The van der Waals surface area contributed by atoms with Gasteiger partial charge in [-0.3, -0.25) is 19.3 Å². The minimum absolute atomic E-state index is 0.275. The van der Waals surface area contributed by atoms with Crippen molar-refractivity contribution >= 4 is 51.4 Å². The monoisotopic (exact) mass is 432 g/mol. The third kappa shape index (κ3) is 4.62. The Balaban J connectivity index is 1.48. The molecule has 0 unspecified atom stereocenters. The number of nitrogens with zero attached hydrogens (tertiary/aromatic N) is 1. The maximum atomic E-state index is 12.7. The van der Waals surface area contributed by atoms with Crippen molar-refractivity contribution in [2.24, 2.45) is 0 Å². The number of carbonyl (C=O) groups is 3. The summed E-state index contributed by atoms with van der Waals surface area (Å²) in [6, 6.07) is 20.5. The Kier molecular flexibility index (Phi) is 6.04. The molecule has 3 aromatic rings. The fourth-order valence-corrected chi connectivity index (χ4v) is 4.15. The van der Waals surface area contributed by atoms with E-state index in [-0.39, 0.29) is 11.4 Å². The summed E-state index contributed by atoms with van der Waals surface area (Å²) < 4.78 is 5.47. The van der Waals surface area contributed by atoms with Crippen LogP contribution in [-0.4, -0.2) is 35.1 Å². The van der Waals surface area contributed by atoms with Gasteiger partial charge in [-0.15, -0.1) is 0 Å². The SMILES string of the molecule is CCOc1cccc(/C=C2\SC(=O)N(CC(=O)Nc3cccc4ccccc34)C2=O)c1. The predicted octanol–water partition coefficient (Wildman–Crippen LogP) is 4.91. The number of rotatable bonds is 6. The third-order valence-electron chi connectivity index (χ3n) is 4.71. The van der Waals surface area contributed by atoms with Crippen LogP contribution in [0.15, 0.2) is 71.6 Å². The number of amides is 3. The van der Waals surface area contributed by atoms with Gasteiger partial charge in [0.2, 0.25) is 5.91 Å². The van der Waals surface area contributed by atoms with E-state index in [1.165, 1.54) is 0 Å². The summed E-state index contributed by atoms with van der Waals surface area (Å²) in [5, 5.41) is 4.22. The molecule has 3 amide bonds. The van der Waals surface area contributed by atoms with Gasteiger partial charge in [0.25, 0.3) is 11.1 Å². The van der Waals surface area contributed by atoms with E-state index in [4.69, 9.17) is 4.74 Å². The average molecular weight is 433 g/mol. The van der Waals surface area contributed by atoms with Crippen LogP contribution in [0.5, 0.6) is 5.75 Å². The Morgan fingerprint density at radius 3 is 2.68 bits per heavy atom. The highest BCUT2D eigenvalue weighted by molar-refractivity contribution is 8.18. The maximum Gasteiger partial charge on any atom is 0.294 e. The van der Waals surface area contributed by atoms with Crippen LogP contribution >= 0.6 is 11.8 Å². The Labute approximate surface area is 183 Å². The lowest BCUT2D eigenvalue weighted by atomic mass is 10.1. The number of benzene rings is 3. The molecule has 1 saturated heterocycles. The van der Waals surface area contributed by atoms with E-state index >= 15 is 0 Å². The third-order valence-corrected chi connectivity index (χ3v) is 5.61. The molecule has 6 nitrogen and oxygen atoms in total. The minimum Gasteiger partial charge on any atom is -0.494 e. The molecule has 0 atom stereocenters. The van der Waals surface area contributed by atoms with Gasteiger partial charge in [0.05, 0.1) is 11.5 Å². The van der Waals surface area contributed by atoms with Crippen molar-refractivity contribution in [3.63, 3.8) is 0 Å². The molecule has 0 bridgehead atoms. The maximum absolute atomic E-state index is 12.7. The molecule has 4 rings (SSSR count). The number of imide groups is 1. The molecule has 1 aliphatic rings. The zero-order chi connectivity index (χ0) is 21.8. The largest absolute Gasteiger partial charge is 0.494 e.